The van der Waals surface area contributed by atoms with E-state index in [4.69, 9.17) is 14.9 Å². The molecule has 1 aromatic rings. The van der Waals surface area contributed by atoms with Crippen LogP contribution in [0, 0.1) is 0 Å². The van der Waals surface area contributed by atoms with Gasteiger partial charge in [-0.3, -0.25) is 0 Å². The summed E-state index contributed by atoms with van der Waals surface area (Å²) in [5.41, 5.74) is 0.743. The van der Waals surface area contributed by atoms with Gasteiger partial charge in [-0.05, 0) is 11.6 Å². The van der Waals surface area contributed by atoms with Crippen LogP contribution < -0.4 is 0 Å². The van der Waals surface area contributed by atoms with Crippen molar-refractivity contribution in [1.82, 2.24) is 0 Å². The predicted octanol–water partition coefficient (Wildman–Crippen LogP) is 1.12. The van der Waals surface area contributed by atoms with Gasteiger partial charge in [-0.1, -0.05) is 30.3 Å². The molecule has 0 amide bonds. The van der Waals surface area contributed by atoms with E-state index in [9.17, 15) is 4.79 Å². The van der Waals surface area contributed by atoms with Crippen molar-refractivity contribution in [2.24, 2.45) is 0 Å². The molecule has 0 heterocycles. The highest BCUT2D eigenvalue weighted by Gasteiger charge is 2.07. The second-order valence-corrected chi connectivity index (χ2v) is 2.80. The molecule has 0 bridgehead atoms. The Labute approximate surface area is 87.4 Å². The Balaban J connectivity index is 2.79. The quantitative estimate of drug-likeness (QED) is 0.562. The topological polar surface area (TPSA) is 66.8 Å². The monoisotopic (exact) mass is 208 g/mol. The SMILES string of the molecule is O=C(O)C(=Cc1ccccc1)OCCO. The van der Waals surface area contributed by atoms with Crippen LogP contribution in [0.15, 0.2) is 36.1 Å². The van der Waals surface area contributed by atoms with E-state index in [0.29, 0.717) is 0 Å². The summed E-state index contributed by atoms with van der Waals surface area (Å²) in [6, 6.07) is 8.98. The molecular weight excluding hydrogens is 196 g/mol. The Kier molecular flexibility index (Phi) is 4.37. The van der Waals surface area contributed by atoms with Crippen LogP contribution in [0.2, 0.25) is 0 Å². The summed E-state index contributed by atoms with van der Waals surface area (Å²) in [6.45, 7) is -0.232. The summed E-state index contributed by atoms with van der Waals surface area (Å²) < 4.78 is 4.87. The number of ether oxygens (including phenoxy) is 1. The molecule has 80 valence electrons. The Hall–Kier alpha value is -1.81. The molecule has 0 aliphatic carbocycles. The highest BCUT2D eigenvalue weighted by molar-refractivity contribution is 5.89. The second-order valence-electron chi connectivity index (χ2n) is 2.80. The number of benzene rings is 1. The fourth-order valence-corrected chi connectivity index (χ4v) is 1.02. The molecule has 4 nitrogen and oxygen atoms in total. The minimum atomic E-state index is -1.15. The fourth-order valence-electron chi connectivity index (χ4n) is 1.02. The van der Waals surface area contributed by atoms with Gasteiger partial charge in [-0.25, -0.2) is 4.79 Å². The molecule has 0 saturated heterocycles. The number of aliphatic hydroxyl groups is 1. The van der Waals surface area contributed by atoms with Crippen molar-refractivity contribution in [3.63, 3.8) is 0 Å². The minimum absolute atomic E-state index is 0.0229. The lowest BCUT2D eigenvalue weighted by molar-refractivity contribution is -0.136. The summed E-state index contributed by atoms with van der Waals surface area (Å²) >= 11 is 0. The molecule has 0 fully saturated rings. The number of hydrogen-bond donors (Lipinski definition) is 2. The summed E-state index contributed by atoms with van der Waals surface area (Å²) in [5.74, 6) is -1.32. The average molecular weight is 208 g/mol. The molecule has 0 aliphatic rings. The second kappa shape index (κ2) is 5.82. The third-order valence-electron chi connectivity index (χ3n) is 1.66. The number of carboxylic acids is 1. The van der Waals surface area contributed by atoms with Crippen LogP contribution in [0.3, 0.4) is 0 Å². The van der Waals surface area contributed by atoms with Crippen molar-refractivity contribution in [1.29, 1.82) is 0 Å². The molecule has 1 rings (SSSR count). The maximum absolute atomic E-state index is 10.7. The summed E-state index contributed by atoms with van der Waals surface area (Å²) in [5, 5.41) is 17.3. The first-order valence-electron chi connectivity index (χ1n) is 4.47. The molecule has 0 saturated carbocycles. The van der Waals surface area contributed by atoms with E-state index in [1.165, 1.54) is 6.08 Å². The number of aliphatic carboxylic acids is 1. The van der Waals surface area contributed by atoms with Crippen molar-refractivity contribution < 1.29 is 19.7 Å². The van der Waals surface area contributed by atoms with Crippen LogP contribution in [0.5, 0.6) is 0 Å². The van der Waals surface area contributed by atoms with Gasteiger partial charge in [0, 0.05) is 0 Å². The van der Waals surface area contributed by atoms with E-state index in [1.807, 2.05) is 6.07 Å². The third kappa shape index (κ3) is 3.83. The van der Waals surface area contributed by atoms with Crippen LogP contribution >= 0.6 is 0 Å². The standard InChI is InChI=1S/C11H12O4/c12-6-7-15-10(11(13)14)8-9-4-2-1-3-5-9/h1-5,8,12H,6-7H2,(H,13,14). The summed E-state index contributed by atoms with van der Waals surface area (Å²) in [7, 11) is 0. The van der Waals surface area contributed by atoms with Gasteiger partial charge in [-0.2, -0.15) is 0 Å². The molecule has 1 aromatic carbocycles. The van der Waals surface area contributed by atoms with Crippen LogP contribution in [0.1, 0.15) is 5.56 Å². The highest BCUT2D eigenvalue weighted by Crippen LogP contribution is 2.07. The first-order chi connectivity index (χ1) is 7.24. The van der Waals surface area contributed by atoms with Gasteiger partial charge < -0.3 is 14.9 Å². The molecule has 15 heavy (non-hydrogen) atoms. The lowest BCUT2D eigenvalue weighted by Gasteiger charge is -2.04. The Morgan fingerprint density at radius 1 is 1.33 bits per heavy atom. The van der Waals surface area contributed by atoms with Crippen molar-refractivity contribution in [3.05, 3.63) is 41.7 Å². The molecule has 0 aromatic heterocycles. The van der Waals surface area contributed by atoms with E-state index in [-0.39, 0.29) is 19.0 Å². The summed E-state index contributed by atoms with van der Waals surface area (Å²) in [4.78, 5) is 10.7. The first kappa shape index (κ1) is 11.3. The number of rotatable bonds is 5. The van der Waals surface area contributed by atoms with E-state index in [0.717, 1.165) is 5.56 Å². The van der Waals surface area contributed by atoms with Gasteiger partial charge in [0.15, 0.2) is 0 Å². The third-order valence-corrected chi connectivity index (χ3v) is 1.66. The lowest BCUT2D eigenvalue weighted by Crippen LogP contribution is -2.07. The van der Waals surface area contributed by atoms with Crippen molar-refractivity contribution in [3.8, 4) is 0 Å². The highest BCUT2D eigenvalue weighted by atomic mass is 16.5. The fraction of sp³-hybridized carbons (Fsp3) is 0.182. The number of carboxylic acid groups (broad SMARTS) is 1. The van der Waals surface area contributed by atoms with Crippen molar-refractivity contribution in [2.75, 3.05) is 13.2 Å². The molecule has 2 N–H and O–H groups in total. The van der Waals surface area contributed by atoms with Gasteiger partial charge >= 0.3 is 5.97 Å². The zero-order valence-electron chi connectivity index (χ0n) is 8.09. The van der Waals surface area contributed by atoms with Gasteiger partial charge in [0.1, 0.15) is 6.61 Å². The zero-order valence-corrected chi connectivity index (χ0v) is 8.09. The molecule has 0 atom stereocenters. The molecule has 0 aliphatic heterocycles. The van der Waals surface area contributed by atoms with E-state index >= 15 is 0 Å². The zero-order chi connectivity index (χ0) is 11.1. The average Bonchev–Trinajstić information content (AvgIpc) is 2.25. The predicted molar refractivity (Wildman–Crippen MR) is 55.1 cm³/mol. The molecule has 4 heteroatoms. The Bertz CT molecular complexity index is 343. The number of aliphatic hydroxyl groups excluding tert-OH is 1. The van der Waals surface area contributed by atoms with Crippen LogP contribution in [-0.2, 0) is 9.53 Å². The number of hydrogen-bond acceptors (Lipinski definition) is 3. The van der Waals surface area contributed by atoms with E-state index < -0.39 is 5.97 Å². The van der Waals surface area contributed by atoms with E-state index in [2.05, 4.69) is 0 Å². The molecule has 0 spiro atoms. The summed E-state index contributed by atoms with van der Waals surface area (Å²) in [6.07, 6.45) is 1.41. The number of carbonyl (C=O) groups is 1. The molecular formula is C11H12O4. The normalized spacial score (nSPS) is 11.1. The van der Waals surface area contributed by atoms with Gasteiger partial charge in [0.2, 0.25) is 5.76 Å². The van der Waals surface area contributed by atoms with E-state index in [1.54, 1.807) is 24.3 Å². The Morgan fingerprint density at radius 2 is 2.00 bits per heavy atom. The van der Waals surface area contributed by atoms with Crippen LogP contribution in [0.25, 0.3) is 6.08 Å². The largest absolute Gasteiger partial charge is 0.484 e. The smallest absolute Gasteiger partial charge is 0.371 e. The molecule has 0 unspecified atom stereocenters. The van der Waals surface area contributed by atoms with Gasteiger partial charge in [0.25, 0.3) is 0 Å². The minimum Gasteiger partial charge on any atom is -0.484 e. The lowest BCUT2D eigenvalue weighted by atomic mass is 10.2. The first-order valence-corrected chi connectivity index (χ1v) is 4.47. The van der Waals surface area contributed by atoms with Crippen molar-refractivity contribution in [2.45, 2.75) is 0 Å². The van der Waals surface area contributed by atoms with Crippen molar-refractivity contribution >= 4 is 12.0 Å². The Morgan fingerprint density at radius 3 is 2.53 bits per heavy atom. The van der Waals surface area contributed by atoms with Gasteiger partial charge in [-0.15, -0.1) is 0 Å². The molecule has 0 radical (unpaired) electrons. The maximum Gasteiger partial charge on any atom is 0.371 e. The maximum atomic E-state index is 10.7. The van der Waals surface area contributed by atoms with Crippen LogP contribution in [0.4, 0.5) is 0 Å². The van der Waals surface area contributed by atoms with Crippen LogP contribution in [-0.4, -0.2) is 29.4 Å². The van der Waals surface area contributed by atoms with Gasteiger partial charge in [0.05, 0.1) is 6.61 Å².